The number of carbonyl (C=O) groups is 1. The number of primary amides is 1. The van der Waals surface area contributed by atoms with E-state index < -0.39 is 30.2 Å². The van der Waals surface area contributed by atoms with Crippen molar-refractivity contribution in [3.63, 3.8) is 0 Å². The fourth-order valence-corrected chi connectivity index (χ4v) is 1.85. The molecular formula is C12H24F3N3O. The van der Waals surface area contributed by atoms with Crippen molar-refractivity contribution in [3.8, 4) is 0 Å². The molecule has 114 valence electrons. The molecular weight excluding hydrogens is 259 g/mol. The van der Waals surface area contributed by atoms with Crippen LogP contribution in [0.4, 0.5) is 13.2 Å². The second-order valence-corrected chi connectivity index (χ2v) is 5.21. The van der Waals surface area contributed by atoms with E-state index in [2.05, 4.69) is 5.32 Å². The highest BCUT2D eigenvalue weighted by atomic mass is 19.4. The Morgan fingerprint density at radius 3 is 2.32 bits per heavy atom. The molecule has 0 aromatic heterocycles. The molecule has 2 unspecified atom stereocenters. The van der Waals surface area contributed by atoms with Gasteiger partial charge in [-0.05, 0) is 40.3 Å². The summed E-state index contributed by atoms with van der Waals surface area (Å²) in [5.74, 6) is -0.548. The van der Waals surface area contributed by atoms with E-state index >= 15 is 0 Å². The average Bonchev–Trinajstić information content (AvgIpc) is 2.23. The van der Waals surface area contributed by atoms with Crippen molar-refractivity contribution in [3.05, 3.63) is 0 Å². The number of nitrogens with one attached hydrogen (secondary N) is 1. The first-order valence-corrected chi connectivity index (χ1v) is 6.33. The van der Waals surface area contributed by atoms with Crippen LogP contribution in [0.15, 0.2) is 0 Å². The van der Waals surface area contributed by atoms with E-state index in [9.17, 15) is 18.0 Å². The fourth-order valence-electron chi connectivity index (χ4n) is 1.85. The van der Waals surface area contributed by atoms with E-state index in [4.69, 9.17) is 5.73 Å². The number of nitrogens with zero attached hydrogens (tertiary/aromatic N) is 1. The predicted molar refractivity (Wildman–Crippen MR) is 68.7 cm³/mol. The number of hydrogen-bond donors (Lipinski definition) is 2. The number of halogens is 3. The van der Waals surface area contributed by atoms with Crippen molar-refractivity contribution >= 4 is 5.91 Å². The van der Waals surface area contributed by atoms with Gasteiger partial charge in [0.1, 0.15) is 0 Å². The summed E-state index contributed by atoms with van der Waals surface area (Å²) in [6.07, 6.45) is -3.20. The van der Waals surface area contributed by atoms with Gasteiger partial charge in [0.25, 0.3) is 0 Å². The van der Waals surface area contributed by atoms with Crippen LogP contribution in [-0.2, 0) is 4.79 Å². The molecule has 0 saturated carbocycles. The van der Waals surface area contributed by atoms with Crippen LogP contribution >= 0.6 is 0 Å². The SMILES string of the molecule is CCCNC(C)(CC(C)N(C)CC(F)(F)F)C(N)=O. The maximum Gasteiger partial charge on any atom is 0.401 e. The minimum atomic E-state index is -4.25. The van der Waals surface area contributed by atoms with Gasteiger partial charge in [0.05, 0.1) is 12.1 Å². The molecule has 19 heavy (non-hydrogen) atoms. The Morgan fingerprint density at radius 1 is 1.42 bits per heavy atom. The van der Waals surface area contributed by atoms with Crippen LogP contribution in [0.25, 0.3) is 0 Å². The first kappa shape index (κ1) is 18.2. The van der Waals surface area contributed by atoms with E-state index in [-0.39, 0.29) is 6.42 Å². The summed E-state index contributed by atoms with van der Waals surface area (Å²) in [4.78, 5) is 12.7. The second-order valence-electron chi connectivity index (χ2n) is 5.21. The van der Waals surface area contributed by atoms with Gasteiger partial charge in [-0.15, -0.1) is 0 Å². The molecule has 0 bridgehead atoms. The van der Waals surface area contributed by atoms with E-state index in [1.165, 1.54) is 11.9 Å². The third-order valence-electron chi connectivity index (χ3n) is 3.19. The number of carbonyl (C=O) groups excluding carboxylic acids is 1. The zero-order valence-electron chi connectivity index (χ0n) is 12.0. The van der Waals surface area contributed by atoms with E-state index in [1.807, 2.05) is 6.92 Å². The molecule has 0 aliphatic carbocycles. The molecule has 3 N–H and O–H groups in total. The number of amides is 1. The van der Waals surface area contributed by atoms with Crippen LogP contribution in [-0.4, -0.2) is 48.7 Å². The predicted octanol–water partition coefficient (Wildman–Crippen LogP) is 1.50. The summed E-state index contributed by atoms with van der Waals surface area (Å²) in [6, 6.07) is -0.413. The molecule has 0 aliphatic rings. The van der Waals surface area contributed by atoms with Gasteiger partial charge in [0.15, 0.2) is 0 Å². The van der Waals surface area contributed by atoms with Gasteiger partial charge < -0.3 is 11.1 Å². The van der Waals surface area contributed by atoms with Crippen molar-refractivity contribution in [1.29, 1.82) is 0 Å². The van der Waals surface area contributed by atoms with Gasteiger partial charge in [-0.3, -0.25) is 9.69 Å². The zero-order chi connectivity index (χ0) is 15.3. The number of alkyl halides is 3. The molecule has 0 radical (unpaired) electrons. The fraction of sp³-hybridized carbons (Fsp3) is 0.917. The normalized spacial score (nSPS) is 17.3. The van der Waals surface area contributed by atoms with Crippen LogP contribution < -0.4 is 11.1 Å². The van der Waals surface area contributed by atoms with Gasteiger partial charge in [-0.25, -0.2) is 0 Å². The molecule has 2 atom stereocenters. The van der Waals surface area contributed by atoms with Crippen molar-refractivity contribution < 1.29 is 18.0 Å². The van der Waals surface area contributed by atoms with Crippen molar-refractivity contribution in [1.82, 2.24) is 10.2 Å². The molecule has 0 rings (SSSR count). The lowest BCUT2D eigenvalue weighted by molar-refractivity contribution is -0.148. The lowest BCUT2D eigenvalue weighted by atomic mass is 9.92. The molecule has 0 aromatic carbocycles. The highest BCUT2D eigenvalue weighted by Crippen LogP contribution is 2.20. The van der Waals surface area contributed by atoms with Crippen LogP contribution in [0.2, 0.25) is 0 Å². The summed E-state index contributed by atoms with van der Waals surface area (Å²) >= 11 is 0. The molecule has 0 heterocycles. The Kier molecular flexibility index (Phi) is 6.79. The van der Waals surface area contributed by atoms with E-state index in [0.29, 0.717) is 6.54 Å². The third-order valence-corrected chi connectivity index (χ3v) is 3.19. The highest BCUT2D eigenvalue weighted by Gasteiger charge is 2.36. The van der Waals surface area contributed by atoms with Crippen LogP contribution in [0.3, 0.4) is 0 Å². The molecule has 0 aromatic rings. The molecule has 1 amide bonds. The number of nitrogens with two attached hydrogens (primary N) is 1. The maximum atomic E-state index is 12.3. The highest BCUT2D eigenvalue weighted by molar-refractivity contribution is 5.84. The molecule has 0 aliphatic heterocycles. The quantitative estimate of drug-likeness (QED) is 0.710. The minimum absolute atomic E-state index is 0.231. The minimum Gasteiger partial charge on any atom is -0.368 e. The average molecular weight is 283 g/mol. The lowest BCUT2D eigenvalue weighted by Crippen LogP contribution is -2.56. The maximum absolute atomic E-state index is 12.3. The topological polar surface area (TPSA) is 58.4 Å². The smallest absolute Gasteiger partial charge is 0.368 e. The summed E-state index contributed by atoms with van der Waals surface area (Å²) in [5.41, 5.74) is 4.35. The van der Waals surface area contributed by atoms with Gasteiger partial charge in [-0.2, -0.15) is 13.2 Å². The van der Waals surface area contributed by atoms with E-state index in [1.54, 1.807) is 13.8 Å². The van der Waals surface area contributed by atoms with Crippen molar-refractivity contribution in [2.75, 3.05) is 20.1 Å². The van der Waals surface area contributed by atoms with Gasteiger partial charge in [0, 0.05) is 6.04 Å². The van der Waals surface area contributed by atoms with Crippen molar-refractivity contribution in [2.45, 2.75) is 51.4 Å². The Balaban J connectivity index is 4.63. The number of hydrogen-bond acceptors (Lipinski definition) is 3. The first-order chi connectivity index (χ1) is 8.52. The molecule has 7 heteroatoms. The van der Waals surface area contributed by atoms with Gasteiger partial charge in [0.2, 0.25) is 5.91 Å². The molecule has 4 nitrogen and oxygen atoms in total. The summed E-state index contributed by atoms with van der Waals surface area (Å²) in [5, 5.41) is 3.01. The zero-order valence-corrected chi connectivity index (χ0v) is 12.0. The molecule has 0 fully saturated rings. The van der Waals surface area contributed by atoms with Crippen LogP contribution in [0.5, 0.6) is 0 Å². The Bertz CT molecular complexity index is 296. The lowest BCUT2D eigenvalue weighted by Gasteiger charge is -2.34. The second kappa shape index (κ2) is 7.09. The number of rotatable bonds is 8. The standard InChI is InChI=1S/C12H24F3N3O/c1-5-6-17-11(3,10(16)19)7-9(2)18(4)8-12(13,14)15/h9,17H,5-8H2,1-4H3,(H2,16,19). The molecule has 0 spiro atoms. The van der Waals surface area contributed by atoms with Gasteiger partial charge in [-0.1, -0.05) is 6.92 Å². The first-order valence-electron chi connectivity index (χ1n) is 6.33. The molecule has 0 saturated heterocycles. The van der Waals surface area contributed by atoms with Crippen molar-refractivity contribution in [2.24, 2.45) is 5.73 Å². The monoisotopic (exact) mass is 283 g/mol. The Morgan fingerprint density at radius 2 is 1.95 bits per heavy atom. The third kappa shape index (κ3) is 6.77. The van der Waals surface area contributed by atoms with Crippen LogP contribution in [0, 0.1) is 0 Å². The summed E-state index contributed by atoms with van der Waals surface area (Å²) in [7, 11) is 1.39. The Hall–Kier alpha value is -0.820. The summed E-state index contributed by atoms with van der Waals surface area (Å²) < 4.78 is 36.9. The van der Waals surface area contributed by atoms with Crippen LogP contribution in [0.1, 0.15) is 33.6 Å². The summed E-state index contributed by atoms with van der Waals surface area (Å²) in [6.45, 7) is 4.81. The Labute approximate surface area is 112 Å². The van der Waals surface area contributed by atoms with E-state index in [0.717, 1.165) is 6.42 Å². The van der Waals surface area contributed by atoms with Gasteiger partial charge >= 0.3 is 6.18 Å². The largest absolute Gasteiger partial charge is 0.401 e.